The van der Waals surface area contributed by atoms with Crippen molar-refractivity contribution < 1.29 is 4.42 Å². The molecule has 4 rings (SSSR count). The molecule has 2 aromatic heterocycles. The average molecular weight is 375 g/mol. The maximum absolute atomic E-state index is 5.43. The van der Waals surface area contributed by atoms with E-state index < -0.39 is 0 Å². The van der Waals surface area contributed by atoms with Crippen LogP contribution in [0.25, 0.3) is 5.57 Å². The van der Waals surface area contributed by atoms with Gasteiger partial charge in [0.2, 0.25) is 17.8 Å². The van der Waals surface area contributed by atoms with Crippen molar-refractivity contribution in [3.63, 3.8) is 0 Å². The average Bonchev–Trinajstić information content (AvgIpc) is 3.39. The Morgan fingerprint density at radius 3 is 2.57 bits per heavy atom. The molecule has 0 bridgehead atoms. The summed E-state index contributed by atoms with van der Waals surface area (Å²) in [6.45, 7) is 1.18. The summed E-state index contributed by atoms with van der Waals surface area (Å²) in [5.41, 5.74) is 2.16. The molecule has 0 fully saturated rings. The fourth-order valence-electron chi connectivity index (χ4n) is 2.70. The molecule has 0 unspecified atom stereocenters. The number of amidine groups is 1. The molecule has 28 heavy (non-hydrogen) atoms. The molecule has 0 saturated carbocycles. The third kappa shape index (κ3) is 4.17. The van der Waals surface area contributed by atoms with Gasteiger partial charge >= 0.3 is 0 Å². The molecule has 8 nitrogen and oxygen atoms in total. The normalized spacial score (nSPS) is 13.1. The van der Waals surface area contributed by atoms with Gasteiger partial charge in [-0.1, -0.05) is 30.3 Å². The van der Waals surface area contributed by atoms with Gasteiger partial charge in [0.1, 0.15) is 11.6 Å². The lowest BCUT2D eigenvalue weighted by atomic mass is 10.2. The first-order valence-electron chi connectivity index (χ1n) is 8.94. The van der Waals surface area contributed by atoms with Crippen molar-refractivity contribution in [1.29, 1.82) is 0 Å². The SMILES string of the molecule is CN(C)c1nc(NCc2ccccc2)nc(NC2=NCC(c3ccco3)=C2)n1. The highest BCUT2D eigenvalue weighted by molar-refractivity contribution is 6.09. The molecule has 0 amide bonds. The molecule has 0 aliphatic carbocycles. The number of hydrogen-bond donors (Lipinski definition) is 2. The molecule has 142 valence electrons. The van der Waals surface area contributed by atoms with E-state index in [2.05, 4.69) is 42.7 Å². The first-order chi connectivity index (χ1) is 13.7. The minimum atomic E-state index is 0.435. The fourth-order valence-corrected chi connectivity index (χ4v) is 2.70. The fraction of sp³-hybridized carbons (Fsp3) is 0.200. The van der Waals surface area contributed by atoms with Crippen molar-refractivity contribution in [1.82, 2.24) is 15.0 Å². The van der Waals surface area contributed by atoms with Gasteiger partial charge in [-0.25, -0.2) is 0 Å². The van der Waals surface area contributed by atoms with Crippen LogP contribution >= 0.6 is 0 Å². The number of aromatic nitrogens is 3. The van der Waals surface area contributed by atoms with E-state index >= 15 is 0 Å². The summed E-state index contributed by atoms with van der Waals surface area (Å²) >= 11 is 0. The Balaban J connectivity index is 1.51. The van der Waals surface area contributed by atoms with Crippen LogP contribution in [0.2, 0.25) is 0 Å². The molecule has 0 saturated heterocycles. The molecule has 1 aliphatic heterocycles. The van der Waals surface area contributed by atoms with Crippen LogP contribution in [-0.2, 0) is 6.54 Å². The number of nitrogens with one attached hydrogen (secondary N) is 2. The van der Waals surface area contributed by atoms with Gasteiger partial charge in [-0.05, 0) is 23.8 Å². The summed E-state index contributed by atoms with van der Waals surface area (Å²) in [5, 5.41) is 6.42. The number of aliphatic imine (C=N–C) groups is 1. The highest BCUT2D eigenvalue weighted by Gasteiger charge is 2.15. The Morgan fingerprint density at radius 1 is 1.00 bits per heavy atom. The predicted octanol–water partition coefficient (Wildman–Crippen LogP) is 3.05. The first-order valence-corrected chi connectivity index (χ1v) is 8.94. The number of hydrogen-bond acceptors (Lipinski definition) is 8. The van der Waals surface area contributed by atoms with E-state index in [4.69, 9.17) is 4.42 Å². The van der Waals surface area contributed by atoms with Crippen LogP contribution in [0.1, 0.15) is 11.3 Å². The second-order valence-electron chi connectivity index (χ2n) is 6.49. The molecule has 0 spiro atoms. The van der Waals surface area contributed by atoms with E-state index in [1.165, 1.54) is 0 Å². The lowest BCUT2D eigenvalue weighted by Gasteiger charge is -2.14. The van der Waals surface area contributed by atoms with E-state index in [1.54, 1.807) is 6.26 Å². The minimum absolute atomic E-state index is 0.435. The highest BCUT2D eigenvalue weighted by Crippen LogP contribution is 2.20. The van der Waals surface area contributed by atoms with Gasteiger partial charge in [0.25, 0.3) is 0 Å². The van der Waals surface area contributed by atoms with Crippen molar-refractivity contribution >= 4 is 29.3 Å². The van der Waals surface area contributed by atoms with Crippen molar-refractivity contribution in [2.24, 2.45) is 4.99 Å². The van der Waals surface area contributed by atoms with Crippen LogP contribution < -0.4 is 15.5 Å². The number of benzene rings is 1. The molecular weight excluding hydrogens is 354 g/mol. The smallest absolute Gasteiger partial charge is 0.234 e. The second-order valence-corrected chi connectivity index (χ2v) is 6.49. The van der Waals surface area contributed by atoms with Crippen molar-refractivity contribution in [3.05, 3.63) is 66.1 Å². The predicted molar refractivity (Wildman–Crippen MR) is 111 cm³/mol. The summed E-state index contributed by atoms with van der Waals surface area (Å²) in [7, 11) is 3.78. The Hall–Kier alpha value is -3.68. The Labute approximate surface area is 163 Å². The van der Waals surface area contributed by atoms with E-state index in [-0.39, 0.29) is 0 Å². The third-order valence-corrected chi connectivity index (χ3v) is 4.13. The van der Waals surface area contributed by atoms with Gasteiger partial charge in [0.05, 0.1) is 12.8 Å². The summed E-state index contributed by atoms with van der Waals surface area (Å²) in [6, 6.07) is 13.9. The summed E-state index contributed by atoms with van der Waals surface area (Å²) in [5.74, 6) is 3.00. The Kier molecular flexibility index (Phi) is 5.01. The van der Waals surface area contributed by atoms with Crippen molar-refractivity contribution in [3.8, 4) is 0 Å². The minimum Gasteiger partial charge on any atom is -0.465 e. The monoisotopic (exact) mass is 375 g/mol. The Morgan fingerprint density at radius 2 is 1.82 bits per heavy atom. The lowest BCUT2D eigenvalue weighted by molar-refractivity contribution is 0.552. The van der Waals surface area contributed by atoms with Crippen LogP contribution in [0.3, 0.4) is 0 Å². The second kappa shape index (κ2) is 7.91. The zero-order valence-electron chi connectivity index (χ0n) is 15.8. The molecule has 0 radical (unpaired) electrons. The molecule has 1 aliphatic rings. The molecule has 8 heteroatoms. The van der Waals surface area contributed by atoms with E-state index in [0.717, 1.165) is 16.9 Å². The molecule has 3 aromatic rings. The number of rotatable bonds is 6. The largest absolute Gasteiger partial charge is 0.465 e. The quantitative estimate of drug-likeness (QED) is 0.684. The zero-order chi connectivity index (χ0) is 19.3. The van der Waals surface area contributed by atoms with E-state index in [1.807, 2.05) is 55.4 Å². The molecule has 0 atom stereocenters. The summed E-state index contributed by atoms with van der Waals surface area (Å²) in [4.78, 5) is 19.7. The number of anilines is 3. The first kappa shape index (κ1) is 17.7. The maximum atomic E-state index is 5.43. The highest BCUT2D eigenvalue weighted by atomic mass is 16.3. The standard InChI is InChI=1S/C20H21N7O/c1-27(2)20-25-18(22-12-14-7-4-3-5-8-14)24-19(26-20)23-17-11-15(13-21-17)16-9-6-10-28-16/h3-11H,12-13H2,1-2H3,(H2,21,22,23,24,25,26). The van der Waals surface area contributed by atoms with Crippen LogP contribution in [0.5, 0.6) is 0 Å². The van der Waals surface area contributed by atoms with Crippen LogP contribution in [-0.4, -0.2) is 41.4 Å². The van der Waals surface area contributed by atoms with E-state index in [0.29, 0.717) is 36.8 Å². The van der Waals surface area contributed by atoms with Gasteiger partial charge in [-0.2, -0.15) is 15.0 Å². The molecule has 3 heterocycles. The summed E-state index contributed by atoms with van der Waals surface area (Å²) < 4.78 is 5.43. The molecule has 2 N–H and O–H groups in total. The van der Waals surface area contributed by atoms with Crippen LogP contribution in [0.15, 0.2) is 64.2 Å². The van der Waals surface area contributed by atoms with Gasteiger partial charge in [0.15, 0.2) is 0 Å². The van der Waals surface area contributed by atoms with Gasteiger partial charge in [0, 0.05) is 26.2 Å². The third-order valence-electron chi connectivity index (χ3n) is 4.13. The molecule has 1 aromatic carbocycles. The van der Waals surface area contributed by atoms with Crippen LogP contribution in [0, 0.1) is 0 Å². The van der Waals surface area contributed by atoms with Crippen LogP contribution in [0.4, 0.5) is 17.8 Å². The van der Waals surface area contributed by atoms with E-state index in [9.17, 15) is 0 Å². The number of nitrogens with zero attached hydrogens (tertiary/aromatic N) is 5. The zero-order valence-corrected chi connectivity index (χ0v) is 15.8. The van der Waals surface area contributed by atoms with Gasteiger partial charge in [-0.15, -0.1) is 0 Å². The molecular formula is C20H21N7O. The van der Waals surface area contributed by atoms with Crippen molar-refractivity contribution in [2.45, 2.75) is 6.54 Å². The summed E-state index contributed by atoms with van der Waals surface area (Å²) in [6.07, 6.45) is 3.59. The topological polar surface area (TPSA) is 91.5 Å². The lowest BCUT2D eigenvalue weighted by Crippen LogP contribution is -2.18. The number of furan rings is 1. The Bertz CT molecular complexity index is 995. The maximum Gasteiger partial charge on any atom is 0.234 e. The van der Waals surface area contributed by atoms with Gasteiger partial charge < -0.3 is 20.0 Å². The van der Waals surface area contributed by atoms with Crippen molar-refractivity contribution in [2.75, 3.05) is 36.2 Å². The van der Waals surface area contributed by atoms with Gasteiger partial charge in [-0.3, -0.25) is 4.99 Å².